The molecule has 152 valence electrons. The fraction of sp³-hybridized carbons (Fsp3) is 0.526. The van der Waals surface area contributed by atoms with Gasteiger partial charge in [-0.1, -0.05) is 11.6 Å². The van der Waals surface area contributed by atoms with Crippen LogP contribution in [0.2, 0.25) is 5.02 Å². The van der Waals surface area contributed by atoms with Gasteiger partial charge in [0.2, 0.25) is 0 Å². The molecule has 0 fully saturated rings. The summed E-state index contributed by atoms with van der Waals surface area (Å²) in [6.45, 7) is 4.46. The summed E-state index contributed by atoms with van der Waals surface area (Å²) in [5, 5.41) is 8.66. The van der Waals surface area contributed by atoms with Crippen LogP contribution in [0.15, 0.2) is 29.4 Å². The molecule has 0 unspecified atom stereocenters. The molecule has 1 heterocycles. The Kier molecular flexibility index (Phi) is 11.7. The van der Waals surface area contributed by atoms with Gasteiger partial charge in [-0.2, -0.15) is 0 Å². The number of aromatic nitrogens is 1. The zero-order valence-electron chi connectivity index (χ0n) is 16.3. The van der Waals surface area contributed by atoms with Crippen molar-refractivity contribution in [1.29, 1.82) is 0 Å². The first-order valence-corrected chi connectivity index (χ1v) is 9.39. The number of ether oxygens (including phenoxy) is 1. The monoisotopic (exact) mass is 507 g/mol. The lowest BCUT2D eigenvalue weighted by atomic mass is 10.1. The number of nitrogens with one attached hydrogen (secondary N) is 3. The molecule has 8 heteroatoms. The number of H-pyrrole nitrogens is 1. The van der Waals surface area contributed by atoms with E-state index in [2.05, 4.69) is 32.6 Å². The molecule has 0 saturated carbocycles. The Hall–Kier alpha value is -1.03. The molecular formula is C19H31ClIN5O. The van der Waals surface area contributed by atoms with E-state index in [1.165, 1.54) is 10.9 Å². The minimum absolute atomic E-state index is 0. The fourth-order valence-corrected chi connectivity index (χ4v) is 3.02. The average Bonchev–Trinajstić information content (AvgIpc) is 3.03. The molecule has 6 nitrogen and oxygen atoms in total. The number of halogens is 2. The topological polar surface area (TPSA) is 64.7 Å². The normalized spacial score (nSPS) is 11.7. The van der Waals surface area contributed by atoms with Crippen LogP contribution in [0.25, 0.3) is 10.9 Å². The average molecular weight is 508 g/mol. The molecule has 0 spiro atoms. The molecule has 0 aliphatic carbocycles. The molecule has 0 bridgehead atoms. The minimum atomic E-state index is 0. The lowest BCUT2D eigenvalue weighted by Gasteiger charge is -2.18. The first-order valence-electron chi connectivity index (χ1n) is 9.01. The number of hydrogen-bond donors (Lipinski definition) is 3. The molecule has 0 amide bonds. The molecule has 0 aliphatic rings. The summed E-state index contributed by atoms with van der Waals surface area (Å²) < 4.78 is 5.08. The summed E-state index contributed by atoms with van der Waals surface area (Å²) in [4.78, 5) is 9.86. The smallest absolute Gasteiger partial charge is 0.191 e. The fourth-order valence-electron chi connectivity index (χ4n) is 2.85. The summed E-state index contributed by atoms with van der Waals surface area (Å²) in [5.74, 6) is 0.827. The van der Waals surface area contributed by atoms with Gasteiger partial charge in [-0.25, -0.2) is 0 Å². The Labute approximate surface area is 184 Å². The van der Waals surface area contributed by atoms with Gasteiger partial charge >= 0.3 is 0 Å². The third-order valence-electron chi connectivity index (χ3n) is 4.31. The van der Waals surface area contributed by atoms with Gasteiger partial charge in [0.05, 0.1) is 0 Å². The first-order chi connectivity index (χ1) is 12.6. The van der Waals surface area contributed by atoms with E-state index in [1.54, 1.807) is 14.2 Å². The summed E-state index contributed by atoms with van der Waals surface area (Å²) in [5.41, 5.74) is 2.37. The van der Waals surface area contributed by atoms with E-state index in [-0.39, 0.29) is 24.0 Å². The molecule has 1 aromatic carbocycles. The van der Waals surface area contributed by atoms with E-state index in [4.69, 9.17) is 16.3 Å². The van der Waals surface area contributed by atoms with E-state index in [9.17, 15) is 0 Å². The molecule has 0 radical (unpaired) electrons. The summed E-state index contributed by atoms with van der Waals surface area (Å²) in [6.07, 6.45) is 4.00. The van der Waals surface area contributed by atoms with Gasteiger partial charge in [-0.05, 0) is 43.7 Å². The van der Waals surface area contributed by atoms with Crippen molar-refractivity contribution in [3.05, 3.63) is 35.0 Å². The molecule has 3 N–H and O–H groups in total. The maximum absolute atomic E-state index is 6.11. The van der Waals surface area contributed by atoms with Gasteiger partial charge in [-0.3, -0.25) is 4.99 Å². The van der Waals surface area contributed by atoms with Crippen molar-refractivity contribution >= 4 is 52.4 Å². The second-order valence-corrected chi connectivity index (χ2v) is 6.77. The highest BCUT2D eigenvalue weighted by atomic mass is 127. The maximum atomic E-state index is 6.11. The summed E-state index contributed by atoms with van der Waals surface area (Å²) in [7, 11) is 5.65. The SMILES string of the molecule is CN=C(NCCc1c[nH]c2ccc(Cl)cc12)NCCN(C)CCCOC.I. The minimum Gasteiger partial charge on any atom is -0.385 e. The van der Waals surface area contributed by atoms with Gasteiger partial charge in [0.25, 0.3) is 0 Å². The molecular weight excluding hydrogens is 477 g/mol. The highest BCUT2D eigenvalue weighted by Gasteiger charge is 2.05. The van der Waals surface area contributed by atoms with Gasteiger partial charge < -0.3 is 25.3 Å². The Bertz CT molecular complexity index is 706. The quantitative estimate of drug-likeness (QED) is 0.200. The van der Waals surface area contributed by atoms with Crippen LogP contribution in [-0.4, -0.2) is 69.8 Å². The molecule has 1 aromatic heterocycles. The van der Waals surface area contributed by atoms with Crippen molar-refractivity contribution in [3.63, 3.8) is 0 Å². The van der Waals surface area contributed by atoms with E-state index >= 15 is 0 Å². The zero-order chi connectivity index (χ0) is 18.8. The molecule has 0 atom stereocenters. The van der Waals surface area contributed by atoms with E-state index in [0.29, 0.717) is 0 Å². The molecule has 0 aliphatic heterocycles. The molecule has 2 aromatic rings. The first kappa shape index (κ1) is 24.0. The summed E-state index contributed by atoms with van der Waals surface area (Å²) >= 11 is 6.11. The van der Waals surface area contributed by atoms with Crippen LogP contribution in [-0.2, 0) is 11.2 Å². The van der Waals surface area contributed by atoms with Crippen molar-refractivity contribution in [3.8, 4) is 0 Å². The standard InChI is InChI=1S/C19H30ClN5O.HI/c1-21-19(23-9-11-25(2)10-4-12-26-3)22-8-7-15-14-24-18-6-5-16(20)13-17(15)18;/h5-6,13-14,24H,4,7-12H2,1-3H3,(H2,21,22,23);1H. The van der Waals surface area contributed by atoms with Crippen molar-refractivity contribution in [2.75, 3.05) is 54.0 Å². The number of likely N-dealkylation sites (N-methyl/N-ethyl adjacent to an activating group) is 1. The van der Waals surface area contributed by atoms with Crippen LogP contribution in [0, 0.1) is 0 Å². The maximum Gasteiger partial charge on any atom is 0.191 e. The lowest BCUT2D eigenvalue weighted by molar-refractivity contribution is 0.180. The second-order valence-electron chi connectivity index (χ2n) is 6.33. The highest BCUT2D eigenvalue weighted by Crippen LogP contribution is 2.22. The van der Waals surface area contributed by atoms with Gasteiger partial charge in [0.1, 0.15) is 0 Å². The predicted molar refractivity (Wildman–Crippen MR) is 126 cm³/mol. The summed E-state index contributed by atoms with van der Waals surface area (Å²) in [6, 6.07) is 5.92. The van der Waals surface area contributed by atoms with E-state index in [0.717, 1.165) is 62.1 Å². The van der Waals surface area contributed by atoms with Crippen LogP contribution in [0.3, 0.4) is 0 Å². The molecule has 27 heavy (non-hydrogen) atoms. The number of aromatic amines is 1. The van der Waals surface area contributed by atoms with Crippen molar-refractivity contribution in [1.82, 2.24) is 20.5 Å². The Morgan fingerprint density at radius 1 is 1.26 bits per heavy atom. The van der Waals surface area contributed by atoms with Gasteiger partial charge in [0.15, 0.2) is 5.96 Å². The lowest BCUT2D eigenvalue weighted by Crippen LogP contribution is -2.41. The van der Waals surface area contributed by atoms with Crippen molar-refractivity contribution < 1.29 is 4.74 Å². The number of aliphatic imine (C=N–C) groups is 1. The van der Waals surface area contributed by atoms with Crippen LogP contribution in [0.5, 0.6) is 0 Å². The molecule has 0 saturated heterocycles. The number of methoxy groups -OCH3 is 1. The van der Waals surface area contributed by atoms with E-state index in [1.807, 2.05) is 24.4 Å². The van der Waals surface area contributed by atoms with Crippen LogP contribution in [0.4, 0.5) is 0 Å². The molecule has 2 rings (SSSR count). The highest BCUT2D eigenvalue weighted by molar-refractivity contribution is 14.0. The third kappa shape index (κ3) is 8.25. The Morgan fingerprint density at radius 3 is 2.78 bits per heavy atom. The third-order valence-corrected chi connectivity index (χ3v) is 4.55. The Balaban J connectivity index is 0.00000364. The number of guanidine groups is 1. The van der Waals surface area contributed by atoms with Crippen LogP contribution in [0.1, 0.15) is 12.0 Å². The number of rotatable bonds is 10. The zero-order valence-corrected chi connectivity index (χ0v) is 19.4. The van der Waals surface area contributed by atoms with Crippen LogP contribution < -0.4 is 10.6 Å². The van der Waals surface area contributed by atoms with Gasteiger partial charge in [0, 0.05) is 69.1 Å². The Morgan fingerprint density at radius 2 is 2.04 bits per heavy atom. The largest absolute Gasteiger partial charge is 0.385 e. The second kappa shape index (κ2) is 13.2. The van der Waals surface area contributed by atoms with E-state index < -0.39 is 0 Å². The van der Waals surface area contributed by atoms with Gasteiger partial charge in [-0.15, -0.1) is 24.0 Å². The van der Waals surface area contributed by atoms with Crippen molar-refractivity contribution in [2.45, 2.75) is 12.8 Å². The number of fused-ring (bicyclic) bond motifs is 1. The number of benzene rings is 1. The predicted octanol–water partition coefficient (Wildman–Crippen LogP) is 3.12. The number of nitrogens with zero attached hydrogens (tertiary/aromatic N) is 2. The van der Waals surface area contributed by atoms with Crippen LogP contribution >= 0.6 is 35.6 Å². The number of hydrogen-bond acceptors (Lipinski definition) is 3. The van der Waals surface area contributed by atoms with Crippen molar-refractivity contribution in [2.24, 2.45) is 4.99 Å².